The summed E-state index contributed by atoms with van der Waals surface area (Å²) in [5.74, 6) is 1.55. The number of hydrogen-bond donors (Lipinski definition) is 0. The monoisotopic (exact) mass is 289 g/mol. The Morgan fingerprint density at radius 2 is 2.10 bits per heavy atom. The van der Waals surface area contributed by atoms with Crippen LogP contribution in [0.5, 0.6) is 5.75 Å². The Morgan fingerprint density at radius 1 is 1.38 bits per heavy atom. The van der Waals surface area contributed by atoms with Crippen LogP contribution in [0.15, 0.2) is 24.3 Å². The number of carbonyl (C=O) groups is 1. The van der Waals surface area contributed by atoms with Gasteiger partial charge in [0, 0.05) is 18.5 Å². The largest absolute Gasteiger partial charge is 0.497 e. The Morgan fingerprint density at radius 3 is 2.67 bits per heavy atom. The molecule has 0 heterocycles. The predicted molar refractivity (Wildman–Crippen MR) is 85.5 cm³/mol. The quantitative estimate of drug-likeness (QED) is 0.750. The molecule has 0 bridgehead atoms. The van der Waals surface area contributed by atoms with E-state index in [4.69, 9.17) is 4.74 Å². The van der Waals surface area contributed by atoms with Crippen LogP contribution in [-0.4, -0.2) is 31.9 Å². The van der Waals surface area contributed by atoms with Crippen LogP contribution in [0, 0.1) is 11.3 Å². The highest BCUT2D eigenvalue weighted by molar-refractivity contribution is 5.60. The molecule has 116 valence electrons. The normalized spacial score (nSPS) is 25.8. The number of nitrogens with zero attached hydrogens (tertiary/aromatic N) is 1. The number of carbonyl (C=O) groups excluding carboxylic acids is 1. The van der Waals surface area contributed by atoms with Crippen molar-refractivity contribution in [3.05, 3.63) is 29.8 Å². The molecule has 0 radical (unpaired) electrons. The van der Waals surface area contributed by atoms with Gasteiger partial charge in [-0.3, -0.25) is 0 Å². The lowest BCUT2D eigenvalue weighted by atomic mass is 9.71. The number of ether oxygens (including phenoxy) is 1. The molecule has 0 amide bonds. The van der Waals surface area contributed by atoms with Gasteiger partial charge in [-0.25, -0.2) is 0 Å². The van der Waals surface area contributed by atoms with E-state index >= 15 is 0 Å². The Kier molecular flexibility index (Phi) is 5.40. The van der Waals surface area contributed by atoms with Gasteiger partial charge in [0.05, 0.1) is 7.11 Å². The first-order chi connectivity index (χ1) is 10.1. The van der Waals surface area contributed by atoms with E-state index in [-0.39, 0.29) is 5.41 Å². The van der Waals surface area contributed by atoms with Crippen molar-refractivity contribution in [3.63, 3.8) is 0 Å². The van der Waals surface area contributed by atoms with Crippen LogP contribution < -0.4 is 4.74 Å². The summed E-state index contributed by atoms with van der Waals surface area (Å²) in [7, 11) is 3.79. The van der Waals surface area contributed by atoms with Gasteiger partial charge >= 0.3 is 0 Å². The Labute approximate surface area is 128 Å². The zero-order chi connectivity index (χ0) is 15.3. The van der Waals surface area contributed by atoms with Crippen molar-refractivity contribution in [1.82, 2.24) is 4.90 Å². The third kappa shape index (κ3) is 4.31. The van der Waals surface area contributed by atoms with Gasteiger partial charge in [0.25, 0.3) is 0 Å². The smallest absolute Gasteiger partial charge is 0.127 e. The van der Waals surface area contributed by atoms with Gasteiger partial charge in [0.15, 0.2) is 0 Å². The predicted octanol–water partition coefficient (Wildman–Crippen LogP) is 3.52. The lowest BCUT2D eigenvalue weighted by molar-refractivity contribution is -0.119. The summed E-state index contributed by atoms with van der Waals surface area (Å²) in [4.78, 5) is 13.9. The average molecular weight is 289 g/mol. The number of benzene rings is 1. The molecule has 1 aliphatic rings. The Bertz CT molecular complexity index is 457. The van der Waals surface area contributed by atoms with E-state index in [1.807, 2.05) is 12.1 Å². The molecular weight excluding hydrogens is 262 g/mol. The minimum absolute atomic E-state index is 0.140. The van der Waals surface area contributed by atoms with Crippen LogP contribution in [0.1, 0.15) is 38.2 Å². The van der Waals surface area contributed by atoms with E-state index in [9.17, 15) is 4.79 Å². The zero-order valence-corrected chi connectivity index (χ0v) is 13.5. The van der Waals surface area contributed by atoms with Crippen molar-refractivity contribution < 1.29 is 9.53 Å². The zero-order valence-electron chi connectivity index (χ0n) is 13.5. The van der Waals surface area contributed by atoms with Crippen LogP contribution in [0.4, 0.5) is 0 Å². The lowest BCUT2D eigenvalue weighted by Gasteiger charge is -2.38. The number of methoxy groups -OCH3 is 1. The first-order valence-corrected chi connectivity index (χ1v) is 7.85. The summed E-state index contributed by atoms with van der Waals surface area (Å²) in [6.07, 6.45) is 5.72. The second kappa shape index (κ2) is 7.08. The highest BCUT2D eigenvalue weighted by Gasteiger charge is 2.35. The molecule has 1 aromatic rings. The fourth-order valence-corrected chi connectivity index (χ4v) is 3.62. The van der Waals surface area contributed by atoms with Crippen LogP contribution in [0.2, 0.25) is 0 Å². The molecule has 21 heavy (non-hydrogen) atoms. The lowest BCUT2D eigenvalue weighted by Crippen LogP contribution is -2.40. The molecule has 3 nitrogen and oxygen atoms in total. The van der Waals surface area contributed by atoms with Gasteiger partial charge in [0.1, 0.15) is 12.0 Å². The van der Waals surface area contributed by atoms with Gasteiger partial charge in [-0.2, -0.15) is 0 Å². The standard InChI is InChI=1S/C18H27NO2/c1-15-5-4-10-18(11-15,14-20)13-19(2)12-16-6-8-17(21-3)9-7-16/h6-9,14-15H,4-5,10-13H2,1-3H3. The first kappa shape index (κ1) is 16.0. The van der Waals surface area contributed by atoms with Crippen LogP contribution in [0.25, 0.3) is 0 Å². The van der Waals surface area contributed by atoms with E-state index in [1.165, 1.54) is 24.7 Å². The second-order valence-corrected chi connectivity index (χ2v) is 6.70. The number of rotatable bonds is 6. The van der Waals surface area contributed by atoms with Gasteiger partial charge in [-0.1, -0.05) is 31.9 Å². The average Bonchev–Trinajstić information content (AvgIpc) is 2.48. The molecule has 2 atom stereocenters. The van der Waals surface area contributed by atoms with Crippen molar-refractivity contribution in [2.24, 2.45) is 11.3 Å². The molecule has 0 saturated heterocycles. The summed E-state index contributed by atoms with van der Waals surface area (Å²) in [5.41, 5.74) is 1.11. The minimum Gasteiger partial charge on any atom is -0.497 e. The number of aldehydes is 1. The molecule has 0 N–H and O–H groups in total. The highest BCUT2D eigenvalue weighted by atomic mass is 16.5. The summed E-state index contributed by atoms with van der Waals surface area (Å²) < 4.78 is 5.18. The summed E-state index contributed by atoms with van der Waals surface area (Å²) >= 11 is 0. The fraction of sp³-hybridized carbons (Fsp3) is 0.611. The molecule has 2 unspecified atom stereocenters. The maximum atomic E-state index is 11.7. The van der Waals surface area contributed by atoms with E-state index < -0.39 is 0 Å². The summed E-state index contributed by atoms with van der Waals surface area (Å²) in [6, 6.07) is 8.15. The van der Waals surface area contributed by atoms with E-state index in [0.717, 1.165) is 31.7 Å². The van der Waals surface area contributed by atoms with Crippen molar-refractivity contribution >= 4 is 6.29 Å². The number of hydrogen-bond acceptors (Lipinski definition) is 3. The molecule has 1 fully saturated rings. The molecule has 2 rings (SSSR count). The maximum absolute atomic E-state index is 11.7. The maximum Gasteiger partial charge on any atom is 0.127 e. The third-order valence-corrected chi connectivity index (χ3v) is 4.57. The minimum atomic E-state index is -0.140. The second-order valence-electron chi connectivity index (χ2n) is 6.70. The molecule has 3 heteroatoms. The molecular formula is C18H27NO2. The van der Waals surface area contributed by atoms with Gasteiger partial charge in [-0.05, 0) is 43.5 Å². The van der Waals surface area contributed by atoms with E-state index in [1.54, 1.807) is 7.11 Å². The van der Waals surface area contributed by atoms with Gasteiger partial charge in [-0.15, -0.1) is 0 Å². The van der Waals surface area contributed by atoms with E-state index in [2.05, 4.69) is 31.0 Å². The Hall–Kier alpha value is -1.35. The Balaban J connectivity index is 1.95. The molecule has 1 aromatic carbocycles. The summed E-state index contributed by atoms with van der Waals surface area (Å²) in [5, 5.41) is 0. The van der Waals surface area contributed by atoms with Gasteiger partial charge in [0.2, 0.25) is 0 Å². The molecule has 0 aliphatic heterocycles. The van der Waals surface area contributed by atoms with Crippen molar-refractivity contribution in [2.45, 2.75) is 39.2 Å². The summed E-state index contributed by atoms with van der Waals surface area (Å²) in [6.45, 7) is 3.99. The molecule has 1 aliphatic carbocycles. The third-order valence-electron chi connectivity index (χ3n) is 4.57. The molecule has 1 saturated carbocycles. The van der Waals surface area contributed by atoms with Crippen molar-refractivity contribution in [1.29, 1.82) is 0 Å². The highest BCUT2D eigenvalue weighted by Crippen LogP contribution is 2.38. The molecule has 0 aromatic heterocycles. The molecule has 0 spiro atoms. The van der Waals surface area contributed by atoms with Crippen molar-refractivity contribution in [3.8, 4) is 5.75 Å². The first-order valence-electron chi connectivity index (χ1n) is 7.85. The van der Waals surface area contributed by atoms with Crippen molar-refractivity contribution in [2.75, 3.05) is 20.7 Å². The fourth-order valence-electron chi connectivity index (χ4n) is 3.62. The van der Waals surface area contributed by atoms with Crippen LogP contribution >= 0.6 is 0 Å². The van der Waals surface area contributed by atoms with Crippen LogP contribution in [-0.2, 0) is 11.3 Å². The van der Waals surface area contributed by atoms with Crippen LogP contribution in [0.3, 0.4) is 0 Å². The van der Waals surface area contributed by atoms with E-state index in [0.29, 0.717) is 5.92 Å². The topological polar surface area (TPSA) is 29.5 Å². The van der Waals surface area contributed by atoms with Gasteiger partial charge < -0.3 is 14.4 Å². The SMILES string of the molecule is COc1ccc(CN(C)CC2(C=O)CCCC(C)C2)cc1.